The number of nitrogens with zero attached hydrogens (tertiary/aromatic N) is 1. The molecule has 0 unspecified atom stereocenters. The van der Waals surface area contributed by atoms with Crippen molar-refractivity contribution in [3.8, 4) is 0 Å². The van der Waals surface area contributed by atoms with Gasteiger partial charge < -0.3 is 10.2 Å². The Morgan fingerprint density at radius 2 is 2.06 bits per heavy atom. The van der Waals surface area contributed by atoms with Gasteiger partial charge >= 0.3 is 0 Å². The van der Waals surface area contributed by atoms with E-state index in [0.717, 1.165) is 23.4 Å². The van der Waals surface area contributed by atoms with Crippen molar-refractivity contribution >= 4 is 11.1 Å². The maximum Gasteiger partial charge on any atom is 0.200 e. The van der Waals surface area contributed by atoms with Crippen LogP contribution in [0.25, 0.3) is 11.1 Å². The fourth-order valence-corrected chi connectivity index (χ4v) is 1.61. The minimum atomic E-state index is -0.0486. The summed E-state index contributed by atoms with van der Waals surface area (Å²) in [6.07, 6.45) is 0.876. The fraction of sp³-hybridized carbons (Fsp3) is 0.462. The third-order valence-electron chi connectivity index (χ3n) is 2.53. The third kappa shape index (κ3) is 2.09. The van der Waals surface area contributed by atoms with Crippen molar-refractivity contribution in [3.63, 3.8) is 0 Å². The molecule has 0 saturated heterocycles. The summed E-state index contributed by atoms with van der Waals surface area (Å²) in [6, 6.07) is 6.09. The van der Waals surface area contributed by atoms with Gasteiger partial charge in [0.1, 0.15) is 5.52 Å². The smallest absolute Gasteiger partial charge is 0.200 e. The summed E-state index contributed by atoms with van der Waals surface area (Å²) in [7, 11) is 0. The Labute approximate surface area is 95.7 Å². The molecule has 2 rings (SSSR count). The molecule has 1 heterocycles. The van der Waals surface area contributed by atoms with Crippen molar-refractivity contribution in [1.82, 2.24) is 4.98 Å². The Bertz CT molecular complexity index is 494. The predicted molar refractivity (Wildman–Crippen MR) is 65.5 cm³/mol. The first-order valence-electron chi connectivity index (χ1n) is 5.61. The quantitative estimate of drug-likeness (QED) is 0.843. The van der Waals surface area contributed by atoms with Crippen LogP contribution in [0.4, 0.5) is 0 Å². The molecule has 3 heteroatoms. The summed E-state index contributed by atoms with van der Waals surface area (Å²) < 4.78 is 5.77. The van der Waals surface area contributed by atoms with Crippen LogP contribution in [-0.2, 0) is 11.8 Å². The molecule has 86 valence electrons. The molecule has 0 aliphatic heterocycles. The fourth-order valence-electron chi connectivity index (χ4n) is 1.61. The molecule has 0 amide bonds. The van der Waals surface area contributed by atoms with Crippen LogP contribution >= 0.6 is 0 Å². The molecule has 2 N–H and O–H groups in total. The zero-order valence-corrected chi connectivity index (χ0v) is 10.1. The summed E-state index contributed by atoms with van der Waals surface area (Å²) in [5.74, 6) is 0.785. The van der Waals surface area contributed by atoms with Crippen molar-refractivity contribution in [2.24, 2.45) is 5.73 Å². The molecule has 3 nitrogen and oxygen atoms in total. The van der Waals surface area contributed by atoms with Gasteiger partial charge in [0.15, 0.2) is 5.58 Å². The summed E-state index contributed by atoms with van der Waals surface area (Å²) in [6.45, 7) is 6.95. The highest BCUT2D eigenvalue weighted by atomic mass is 16.3. The van der Waals surface area contributed by atoms with Crippen LogP contribution in [0.2, 0.25) is 0 Å². The van der Waals surface area contributed by atoms with Crippen LogP contribution < -0.4 is 5.73 Å². The van der Waals surface area contributed by atoms with E-state index in [9.17, 15) is 0 Å². The van der Waals surface area contributed by atoms with Crippen LogP contribution in [0.15, 0.2) is 22.6 Å². The van der Waals surface area contributed by atoms with Crippen LogP contribution in [0.3, 0.4) is 0 Å². The number of benzene rings is 1. The zero-order chi connectivity index (χ0) is 11.8. The van der Waals surface area contributed by atoms with E-state index in [2.05, 4.69) is 31.8 Å². The van der Waals surface area contributed by atoms with E-state index in [1.165, 1.54) is 5.56 Å². The Balaban J connectivity index is 2.46. The summed E-state index contributed by atoms with van der Waals surface area (Å²) >= 11 is 0. The van der Waals surface area contributed by atoms with E-state index >= 15 is 0 Å². The molecule has 1 aromatic carbocycles. The number of nitrogens with two attached hydrogens (primary N) is 1. The predicted octanol–water partition coefficient (Wildman–Crippen LogP) is 2.63. The topological polar surface area (TPSA) is 52.0 Å². The SMILES string of the molecule is CC(C)(C)c1nc2ccc(CCN)cc2o1. The van der Waals surface area contributed by atoms with Crippen molar-refractivity contribution in [3.05, 3.63) is 29.7 Å². The molecule has 16 heavy (non-hydrogen) atoms. The average Bonchev–Trinajstić information content (AvgIpc) is 2.60. The maximum atomic E-state index is 5.77. The van der Waals surface area contributed by atoms with Gasteiger partial charge in [-0.3, -0.25) is 0 Å². The molecule has 0 radical (unpaired) electrons. The van der Waals surface area contributed by atoms with Gasteiger partial charge in [0.05, 0.1) is 0 Å². The molecule has 0 bridgehead atoms. The number of oxazole rings is 1. The second-order valence-electron chi connectivity index (χ2n) is 5.11. The van der Waals surface area contributed by atoms with Gasteiger partial charge in [-0.25, -0.2) is 4.98 Å². The number of aromatic nitrogens is 1. The first-order chi connectivity index (χ1) is 7.50. The number of fused-ring (bicyclic) bond motifs is 1. The van der Waals surface area contributed by atoms with Gasteiger partial charge in [0, 0.05) is 5.41 Å². The highest BCUT2D eigenvalue weighted by molar-refractivity contribution is 5.73. The van der Waals surface area contributed by atoms with Gasteiger partial charge in [-0.05, 0) is 30.7 Å². The summed E-state index contributed by atoms with van der Waals surface area (Å²) in [5.41, 5.74) is 8.46. The van der Waals surface area contributed by atoms with Crippen molar-refractivity contribution in [1.29, 1.82) is 0 Å². The normalized spacial score (nSPS) is 12.2. The average molecular weight is 218 g/mol. The Morgan fingerprint density at radius 3 is 2.69 bits per heavy atom. The lowest BCUT2D eigenvalue weighted by molar-refractivity contribution is 0.411. The van der Waals surface area contributed by atoms with Crippen LogP contribution in [0.5, 0.6) is 0 Å². The van der Waals surface area contributed by atoms with Crippen molar-refractivity contribution in [2.45, 2.75) is 32.6 Å². The second kappa shape index (κ2) is 3.91. The monoisotopic (exact) mass is 218 g/mol. The molecule has 2 aromatic rings. The van der Waals surface area contributed by atoms with Crippen LogP contribution in [0.1, 0.15) is 32.2 Å². The van der Waals surface area contributed by atoms with Gasteiger partial charge in [0.2, 0.25) is 5.89 Å². The summed E-state index contributed by atoms with van der Waals surface area (Å²) in [4.78, 5) is 4.49. The minimum Gasteiger partial charge on any atom is -0.440 e. The van der Waals surface area contributed by atoms with Gasteiger partial charge in [-0.15, -0.1) is 0 Å². The number of rotatable bonds is 2. The van der Waals surface area contributed by atoms with E-state index in [-0.39, 0.29) is 5.41 Å². The Hall–Kier alpha value is -1.35. The van der Waals surface area contributed by atoms with Crippen LogP contribution in [0, 0.1) is 0 Å². The Morgan fingerprint density at radius 1 is 1.31 bits per heavy atom. The second-order valence-corrected chi connectivity index (χ2v) is 5.11. The highest BCUT2D eigenvalue weighted by Gasteiger charge is 2.20. The summed E-state index contributed by atoms with van der Waals surface area (Å²) in [5, 5.41) is 0. The molecule has 1 aromatic heterocycles. The van der Waals surface area contributed by atoms with E-state index < -0.39 is 0 Å². The molecule has 0 atom stereocenters. The van der Waals surface area contributed by atoms with E-state index in [0.29, 0.717) is 6.54 Å². The maximum absolute atomic E-state index is 5.77. The van der Waals surface area contributed by atoms with E-state index in [4.69, 9.17) is 10.2 Å². The first-order valence-corrected chi connectivity index (χ1v) is 5.61. The lowest BCUT2D eigenvalue weighted by Gasteiger charge is -2.11. The molecule has 0 aliphatic carbocycles. The van der Waals surface area contributed by atoms with E-state index in [1.54, 1.807) is 0 Å². The lowest BCUT2D eigenvalue weighted by atomic mass is 9.97. The van der Waals surface area contributed by atoms with Crippen LogP contribution in [-0.4, -0.2) is 11.5 Å². The van der Waals surface area contributed by atoms with Gasteiger partial charge in [-0.2, -0.15) is 0 Å². The molecule has 0 spiro atoms. The number of hydrogen-bond donors (Lipinski definition) is 1. The minimum absolute atomic E-state index is 0.0486. The lowest BCUT2D eigenvalue weighted by Crippen LogP contribution is -2.10. The van der Waals surface area contributed by atoms with Gasteiger partial charge in [0.25, 0.3) is 0 Å². The third-order valence-corrected chi connectivity index (χ3v) is 2.53. The molecular weight excluding hydrogens is 200 g/mol. The first kappa shape index (κ1) is 11.1. The standard InChI is InChI=1S/C13H18N2O/c1-13(2,3)12-15-10-5-4-9(6-7-14)8-11(10)16-12/h4-5,8H,6-7,14H2,1-3H3. The molecule has 0 aliphatic rings. The molecule has 0 saturated carbocycles. The Kier molecular flexibility index (Phi) is 2.72. The highest BCUT2D eigenvalue weighted by Crippen LogP contribution is 2.26. The van der Waals surface area contributed by atoms with E-state index in [1.807, 2.05) is 12.1 Å². The molecular formula is C13H18N2O. The van der Waals surface area contributed by atoms with Crippen molar-refractivity contribution < 1.29 is 4.42 Å². The molecule has 0 fully saturated rings. The van der Waals surface area contributed by atoms with Gasteiger partial charge in [-0.1, -0.05) is 26.8 Å². The largest absolute Gasteiger partial charge is 0.440 e. The zero-order valence-electron chi connectivity index (χ0n) is 10.1. The number of hydrogen-bond acceptors (Lipinski definition) is 3. The van der Waals surface area contributed by atoms with Crippen molar-refractivity contribution in [2.75, 3.05) is 6.54 Å².